The van der Waals surface area contributed by atoms with Crippen molar-refractivity contribution in [2.45, 2.75) is 33.0 Å². The van der Waals surface area contributed by atoms with E-state index in [9.17, 15) is 26.5 Å². The zero-order valence-corrected chi connectivity index (χ0v) is 12.4. The van der Waals surface area contributed by atoms with Gasteiger partial charge in [0.1, 0.15) is 0 Å². The highest BCUT2D eigenvalue weighted by atomic mass is 31.2. The van der Waals surface area contributed by atoms with Crippen LogP contribution in [0.3, 0.4) is 0 Å². The summed E-state index contributed by atoms with van der Waals surface area (Å²) in [6.45, 7) is 3.33. The zero-order chi connectivity index (χ0) is 16.4. The zero-order valence-electron chi connectivity index (χ0n) is 11.6. The summed E-state index contributed by atoms with van der Waals surface area (Å²) in [4.78, 5) is 0. The fourth-order valence-corrected chi connectivity index (χ4v) is 2.62. The van der Waals surface area contributed by atoms with E-state index in [4.69, 9.17) is 9.05 Å². The van der Waals surface area contributed by atoms with E-state index in [1.807, 2.05) is 0 Å². The van der Waals surface area contributed by atoms with Crippen molar-refractivity contribution in [2.24, 2.45) is 0 Å². The van der Waals surface area contributed by atoms with Crippen LogP contribution in [-0.2, 0) is 20.2 Å². The molecule has 120 valence electrons. The molecular weight excluding hydrogens is 318 g/mol. The van der Waals surface area contributed by atoms with Gasteiger partial charge in [0.25, 0.3) is 0 Å². The molecule has 0 aliphatic rings. The second kappa shape index (κ2) is 6.85. The molecule has 0 amide bonds. The van der Waals surface area contributed by atoms with Gasteiger partial charge in [-0.2, -0.15) is 0 Å². The van der Waals surface area contributed by atoms with Crippen molar-refractivity contribution < 1.29 is 35.6 Å². The molecule has 0 N–H and O–H groups in total. The number of rotatable bonds is 6. The van der Waals surface area contributed by atoms with Gasteiger partial charge in [0.2, 0.25) is 5.82 Å². The van der Waals surface area contributed by atoms with Gasteiger partial charge >= 0.3 is 7.60 Å². The van der Waals surface area contributed by atoms with E-state index in [-0.39, 0.29) is 0 Å². The molecule has 0 radical (unpaired) electrons. The standard InChI is InChI=1S/C12H14F5O3P/c1-4-6(2)20-21(3,18)19-5-7-8(13)10(15)12(17)11(16)9(7)14/h6H,4-5H2,1-3H3. The molecule has 3 nitrogen and oxygen atoms in total. The summed E-state index contributed by atoms with van der Waals surface area (Å²) in [5, 5.41) is 0. The Hall–Kier alpha value is -0.980. The Morgan fingerprint density at radius 2 is 1.43 bits per heavy atom. The van der Waals surface area contributed by atoms with Crippen LogP contribution in [0.25, 0.3) is 0 Å². The molecule has 0 spiro atoms. The van der Waals surface area contributed by atoms with Crippen molar-refractivity contribution in [3.8, 4) is 0 Å². The van der Waals surface area contributed by atoms with Crippen LogP contribution < -0.4 is 0 Å². The smallest absolute Gasteiger partial charge is 0.306 e. The highest BCUT2D eigenvalue weighted by Gasteiger charge is 2.28. The first-order valence-electron chi connectivity index (χ1n) is 6.01. The first-order valence-corrected chi connectivity index (χ1v) is 8.00. The third-order valence-corrected chi connectivity index (χ3v) is 4.03. The summed E-state index contributed by atoms with van der Waals surface area (Å²) in [6.07, 6.45) is 0.0567. The van der Waals surface area contributed by atoms with E-state index in [1.54, 1.807) is 13.8 Å². The molecule has 0 bridgehead atoms. The van der Waals surface area contributed by atoms with Crippen LogP contribution in [0.5, 0.6) is 0 Å². The van der Waals surface area contributed by atoms with Gasteiger partial charge in [-0.15, -0.1) is 0 Å². The van der Waals surface area contributed by atoms with Gasteiger partial charge < -0.3 is 9.05 Å². The highest BCUT2D eigenvalue weighted by Crippen LogP contribution is 2.46. The van der Waals surface area contributed by atoms with Crippen LogP contribution >= 0.6 is 7.60 Å². The normalized spacial score (nSPS) is 15.8. The minimum absolute atomic E-state index is 0.447. The molecule has 2 unspecified atom stereocenters. The lowest BCUT2D eigenvalue weighted by molar-refractivity contribution is 0.151. The van der Waals surface area contributed by atoms with E-state index < -0.39 is 55.0 Å². The maximum atomic E-state index is 13.4. The third kappa shape index (κ3) is 4.25. The van der Waals surface area contributed by atoms with E-state index in [1.165, 1.54) is 0 Å². The van der Waals surface area contributed by atoms with Crippen molar-refractivity contribution in [3.05, 3.63) is 34.6 Å². The maximum Gasteiger partial charge on any atom is 0.328 e. The molecule has 21 heavy (non-hydrogen) atoms. The van der Waals surface area contributed by atoms with E-state index >= 15 is 0 Å². The largest absolute Gasteiger partial charge is 0.328 e. The topological polar surface area (TPSA) is 35.5 Å². The van der Waals surface area contributed by atoms with Crippen molar-refractivity contribution >= 4 is 7.60 Å². The van der Waals surface area contributed by atoms with Crippen molar-refractivity contribution in [1.82, 2.24) is 0 Å². The second-order valence-electron chi connectivity index (χ2n) is 4.42. The Labute approximate surface area is 118 Å². The lowest BCUT2D eigenvalue weighted by Gasteiger charge is -2.18. The van der Waals surface area contributed by atoms with Crippen LogP contribution in [0.4, 0.5) is 22.0 Å². The Bertz CT molecular complexity index is 549. The molecule has 9 heteroatoms. The summed E-state index contributed by atoms with van der Waals surface area (Å²) >= 11 is 0. The van der Waals surface area contributed by atoms with Gasteiger partial charge in [0.05, 0.1) is 18.3 Å². The summed E-state index contributed by atoms with van der Waals surface area (Å²) in [5.74, 6) is -10.5. The predicted molar refractivity (Wildman–Crippen MR) is 65.4 cm³/mol. The first kappa shape index (κ1) is 18.1. The van der Waals surface area contributed by atoms with Crippen molar-refractivity contribution in [2.75, 3.05) is 6.66 Å². The fraction of sp³-hybridized carbons (Fsp3) is 0.500. The molecule has 0 aromatic heterocycles. The monoisotopic (exact) mass is 332 g/mol. The number of hydrogen-bond acceptors (Lipinski definition) is 3. The van der Waals surface area contributed by atoms with Gasteiger partial charge in [-0.1, -0.05) is 6.92 Å². The maximum absolute atomic E-state index is 13.4. The van der Waals surface area contributed by atoms with Crippen LogP contribution in [0.15, 0.2) is 0 Å². The molecule has 0 aliphatic heterocycles. The molecule has 0 fully saturated rings. The van der Waals surface area contributed by atoms with Gasteiger partial charge in [-0.3, -0.25) is 4.57 Å². The molecule has 1 aromatic carbocycles. The van der Waals surface area contributed by atoms with Crippen molar-refractivity contribution in [1.29, 1.82) is 0 Å². The second-order valence-corrected chi connectivity index (χ2v) is 6.43. The van der Waals surface area contributed by atoms with E-state index in [0.717, 1.165) is 6.66 Å². The van der Waals surface area contributed by atoms with Gasteiger partial charge in [0, 0.05) is 6.66 Å². The van der Waals surface area contributed by atoms with E-state index in [2.05, 4.69) is 0 Å². The minimum Gasteiger partial charge on any atom is -0.306 e. The molecule has 2 atom stereocenters. The first-order chi connectivity index (χ1) is 9.60. The Morgan fingerprint density at radius 1 is 1.00 bits per heavy atom. The molecule has 0 aliphatic carbocycles. The summed E-state index contributed by atoms with van der Waals surface area (Å²) in [6, 6.07) is 0. The van der Waals surface area contributed by atoms with Crippen LogP contribution in [0, 0.1) is 29.1 Å². The SMILES string of the molecule is CCC(C)OP(C)(=O)OCc1c(F)c(F)c(F)c(F)c1F. The molecule has 0 saturated heterocycles. The van der Waals surface area contributed by atoms with Gasteiger partial charge in [-0.25, -0.2) is 22.0 Å². The Balaban J connectivity index is 2.97. The predicted octanol–water partition coefficient (Wildman–Crippen LogP) is 4.54. The minimum atomic E-state index is -3.68. The fourth-order valence-electron chi connectivity index (χ4n) is 1.39. The number of halogens is 5. The van der Waals surface area contributed by atoms with Crippen LogP contribution in [0.2, 0.25) is 0 Å². The number of hydrogen-bond donors (Lipinski definition) is 0. The van der Waals surface area contributed by atoms with E-state index in [0.29, 0.717) is 6.42 Å². The molecular formula is C12H14F5O3P. The molecule has 1 aromatic rings. The molecule has 0 saturated carbocycles. The third-order valence-electron chi connectivity index (χ3n) is 2.69. The lowest BCUT2D eigenvalue weighted by atomic mass is 10.2. The summed E-state index contributed by atoms with van der Waals surface area (Å²) in [7, 11) is -3.68. The van der Waals surface area contributed by atoms with Crippen LogP contribution in [-0.4, -0.2) is 12.8 Å². The quantitative estimate of drug-likeness (QED) is 0.332. The number of benzene rings is 1. The molecule has 0 heterocycles. The Morgan fingerprint density at radius 3 is 1.86 bits per heavy atom. The van der Waals surface area contributed by atoms with Crippen LogP contribution in [0.1, 0.15) is 25.8 Å². The average molecular weight is 332 g/mol. The van der Waals surface area contributed by atoms with Gasteiger partial charge in [0.15, 0.2) is 23.3 Å². The average Bonchev–Trinajstić information content (AvgIpc) is 2.42. The summed E-state index contributed by atoms with van der Waals surface area (Å²) < 4.78 is 87.1. The summed E-state index contributed by atoms with van der Waals surface area (Å²) in [5.41, 5.74) is -1.19. The van der Waals surface area contributed by atoms with Crippen molar-refractivity contribution in [3.63, 3.8) is 0 Å². The van der Waals surface area contributed by atoms with Gasteiger partial charge in [-0.05, 0) is 13.3 Å². The lowest BCUT2D eigenvalue weighted by Crippen LogP contribution is -2.10. The highest BCUT2D eigenvalue weighted by molar-refractivity contribution is 7.52. The molecule has 1 rings (SSSR count). The Kier molecular flexibility index (Phi) is 5.90.